The third-order valence-corrected chi connectivity index (χ3v) is 7.43. The zero-order valence-electron chi connectivity index (χ0n) is 22.1. The molecule has 36 heavy (non-hydrogen) atoms. The van der Waals surface area contributed by atoms with Crippen molar-refractivity contribution in [2.75, 3.05) is 0 Å². The lowest BCUT2D eigenvalue weighted by Crippen LogP contribution is -2.26. The van der Waals surface area contributed by atoms with E-state index in [4.69, 9.17) is 0 Å². The molecule has 1 heteroatoms. The molecule has 1 aliphatic heterocycles. The lowest BCUT2D eigenvalue weighted by molar-refractivity contribution is 0.630. The van der Waals surface area contributed by atoms with Crippen LogP contribution in [0.2, 0.25) is 0 Å². The van der Waals surface area contributed by atoms with Gasteiger partial charge in [0.25, 0.3) is 0 Å². The number of para-hydroxylation sites is 1. The van der Waals surface area contributed by atoms with Gasteiger partial charge in [0, 0.05) is 16.2 Å². The van der Waals surface area contributed by atoms with Crippen molar-refractivity contribution < 1.29 is 0 Å². The summed E-state index contributed by atoms with van der Waals surface area (Å²) in [7, 11) is 0. The molecule has 2 heterocycles. The van der Waals surface area contributed by atoms with Crippen molar-refractivity contribution in [1.82, 2.24) is 4.57 Å². The van der Waals surface area contributed by atoms with Gasteiger partial charge < -0.3 is 4.57 Å². The highest BCUT2D eigenvalue weighted by Crippen LogP contribution is 2.48. The first-order valence-electron chi connectivity index (χ1n) is 13.0. The summed E-state index contributed by atoms with van der Waals surface area (Å²) >= 11 is 0. The van der Waals surface area contributed by atoms with Crippen molar-refractivity contribution in [3.63, 3.8) is 0 Å². The van der Waals surface area contributed by atoms with E-state index in [0.29, 0.717) is 0 Å². The van der Waals surface area contributed by atoms with E-state index in [2.05, 4.69) is 137 Å². The van der Waals surface area contributed by atoms with Crippen molar-refractivity contribution in [3.8, 4) is 5.69 Å². The summed E-state index contributed by atoms with van der Waals surface area (Å²) in [6.07, 6.45) is 15.9. The van der Waals surface area contributed by atoms with Crippen LogP contribution < -0.4 is 0 Å². The van der Waals surface area contributed by atoms with E-state index in [1.54, 1.807) is 0 Å². The number of fused-ring (bicyclic) bond motifs is 5. The van der Waals surface area contributed by atoms with Gasteiger partial charge in [0.05, 0.1) is 16.7 Å². The van der Waals surface area contributed by atoms with E-state index < -0.39 is 0 Å². The van der Waals surface area contributed by atoms with Crippen LogP contribution in [-0.2, 0) is 5.41 Å². The van der Waals surface area contributed by atoms with Crippen LogP contribution in [0.5, 0.6) is 0 Å². The number of rotatable bonds is 6. The van der Waals surface area contributed by atoms with Crippen molar-refractivity contribution in [3.05, 3.63) is 126 Å². The highest BCUT2D eigenvalue weighted by Gasteiger charge is 2.35. The Morgan fingerprint density at radius 3 is 2.31 bits per heavy atom. The van der Waals surface area contributed by atoms with Gasteiger partial charge in [0.1, 0.15) is 0 Å². The van der Waals surface area contributed by atoms with Crippen LogP contribution in [-0.4, -0.2) is 4.57 Å². The van der Waals surface area contributed by atoms with Crippen LogP contribution in [0.25, 0.3) is 38.6 Å². The average Bonchev–Trinajstić information content (AvgIpc) is 3.21. The van der Waals surface area contributed by atoms with E-state index >= 15 is 0 Å². The third-order valence-electron chi connectivity index (χ3n) is 7.43. The summed E-state index contributed by atoms with van der Waals surface area (Å²) < 4.78 is 2.49. The number of nitrogens with zero attached hydrogens (tertiary/aromatic N) is 1. The number of aromatic nitrogens is 1. The second kappa shape index (κ2) is 9.32. The minimum atomic E-state index is -0.120. The third kappa shape index (κ3) is 3.62. The zero-order valence-corrected chi connectivity index (χ0v) is 22.1. The highest BCUT2D eigenvalue weighted by molar-refractivity contribution is 6.13. The second-order valence-corrected chi connectivity index (χ2v) is 10.1. The Bertz CT molecular complexity index is 1610. The summed E-state index contributed by atoms with van der Waals surface area (Å²) in [6, 6.07) is 20.6. The molecule has 0 atom stereocenters. The van der Waals surface area contributed by atoms with Crippen LogP contribution >= 0.6 is 0 Å². The first-order chi connectivity index (χ1) is 17.5. The van der Waals surface area contributed by atoms with Gasteiger partial charge in [0.15, 0.2) is 0 Å². The Kier molecular flexibility index (Phi) is 6.18. The van der Waals surface area contributed by atoms with E-state index in [-0.39, 0.29) is 5.41 Å². The molecule has 4 aromatic rings. The first kappa shape index (κ1) is 23.9. The lowest BCUT2D eigenvalue weighted by atomic mass is 9.74. The molecule has 1 nitrogen and oxygen atoms in total. The largest absolute Gasteiger partial charge is 0.309 e. The highest BCUT2D eigenvalue weighted by atomic mass is 15.0. The van der Waals surface area contributed by atoms with Crippen LogP contribution in [0.1, 0.15) is 63.3 Å². The molecule has 0 radical (unpaired) electrons. The van der Waals surface area contributed by atoms with Gasteiger partial charge in [-0.1, -0.05) is 94.1 Å². The molecule has 5 rings (SSSR count). The smallest absolute Gasteiger partial charge is 0.0582 e. The Morgan fingerprint density at radius 1 is 0.861 bits per heavy atom. The standard InChI is InChI=1S/C35H35N/c1-7-13-24(14-8-2)26-19-20-32-28(21-26)29-22-27(25(15-9-3)16-10-4)23-31-34(29)36(32)33-18-12-11-17-30(33)35(31,5)6/h7,9-23H,3,8H2,1-2,4-6H3/b13-7-,16-10-,24-14+,25-15+. The topological polar surface area (TPSA) is 4.93 Å². The zero-order chi connectivity index (χ0) is 25.4. The van der Waals surface area contributed by atoms with E-state index in [9.17, 15) is 0 Å². The second-order valence-electron chi connectivity index (χ2n) is 10.1. The molecule has 0 saturated heterocycles. The molecular weight excluding hydrogens is 434 g/mol. The molecule has 1 aliphatic rings. The molecule has 0 unspecified atom stereocenters. The monoisotopic (exact) mass is 469 g/mol. The number of hydrogen-bond acceptors (Lipinski definition) is 0. The molecule has 0 N–H and O–H groups in total. The summed E-state index contributed by atoms with van der Waals surface area (Å²) in [6.45, 7) is 15.0. The van der Waals surface area contributed by atoms with Gasteiger partial charge in [-0.3, -0.25) is 0 Å². The average molecular weight is 470 g/mol. The molecule has 180 valence electrons. The van der Waals surface area contributed by atoms with Gasteiger partial charge >= 0.3 is 0 Å². The molecule has 3 aromatic carbocycles. The number of benzene rings is 3. The van der Waals surface area contributed by atoms with Crippen LogP contribution in [0.15, 0.2) is 104 Å². The normalized spacial score (nSPS) is 15.4. The minimum Gasteiger partial charge on any atom is -0.309 e. The predicted octanol–water partition coefficient (Wildman–Crippen LogP) is 9.94. The Balaban J connectivity index is 1.96. The molecule has 0 saturated carbocycles. The van der Waals surface area contributed by atoms with Gasteiger partial charge in [-0.05, 0) is 84.0 Å². The summed E-state index contributed by atoms with van der Waals surface area (Å²) in [5, 5.41) is 2.60. The van der Waals surface area contributed by atoms with E-state index in [1.165, 1.54) is 60.9 Å². The molecule has 0 bridgehead atoms. The maximum atomic E-state index is 3.98. The van der Waals surface area contributed by atoms with Crippen molar-refractivity contribution in [1.29, 1.82) is 0 Å². The summed E-state index contributed by atoms with van der Waals surface area (Å²) in [5.74, 6) is 0. The van der Waals surface area contributed by atoms with E-state index in [0.717, 1.165) is 6.42 Å². The first-order valence-corrected chi connectivity index (χ1v) is 13.0. The molecule has 0 amide bonds. The molecule has 0 aliphatic carbocycles. The molecule has 0 spiro atoms. The maximum absolute atomic E-state index is 3.98. The van der Waals surface area contributed by atoms with Crippen molar-refractivity contribution in [2.45, 2.75) is 46.5 Å². The van der Waals surface area contributed by atoms with Crippen molar-refractivity contribution in [2.24, 2.45) is 0 Å². The quantitative estimate of drug-likeness (QED) is 0.248. The van der Waals surface area contributed by atoms with Gasteiger partial charge in [-0.15, -0.1) is 0 Å². The molecular formula is C35H35N. The Hall–Kier alpha value is -3.84. The lowest BCUT2D eigenvalue weighted by Gasteiger charge is -2.35. The number of hydrogen-bond donors (Lipinski definition) is 0. The van der Waals surface area contributed by atoms with Crippen LogP contribution in [0.4, 0.5) is 0 Å². The summed E-state index contributed by atoms with van der Waals surface area (Å²) in [4.78, 5) is 0. The fourth-order valence-electron chi connectivity index (χ4n) is 5.80. The Morgan fingerprint density at radius 2 is 1.58 bits per heavy atom. The number of allylic oxidation sites excluding steroid dienone is 9. The van der Waals surface area contributed by atoms with E-state index in [1.807, 2.05) is 6.08 Å². The van der Waals surface area contributed by atoms with Gasteiger partial charge in [-0.25, -0.2) is 0 Å². The van der Waals surface area contributed by atoms with Crippen LogP contribution in [0.3, 0.4) is 0 Å². The molecule has 0 fully saturated rings. The fraction of sp³-hybridized carbons (Fsp3) is 0.200. The predicted molar refractivity (Wildman–Crippen MR) is 159 cm³/mol. The SMILES string of the molecule is C=C/C=C(\C=C/C)c1cc2c3c(c1)c1cc(C(/C=C\C)=C/CC)ccc1n3-c1ccccc1C2(C)C. The molecule has 1 aromatic heterocycles. The maximum Gasteiger partial charge on any atom is 0.0582 e. The Labute approximate surface area is 215 Å². The van der Waals surface area contributed by atoms with Crippen molar-refractivity contribution >= 4 is 33.0 Å². The van der Waals surface area contributed by atoms with Gasteiger partial charge in [0.2, 0.25) is 0 Å². The minimum absolute atomic E-state index is 0.120. The van der Waals surface area contributed by atoms with Gasteiger partial charge in [-0.2, -0.15) is 0 Å². The summed E-state index contributed by atoms with van der Waals surface area (Å²) in [5.41, 5.74) is 11.4. The van der Waals surface area contributed by atoms with Crippen LogP contribution in [0, 0.1) is 0 Å². The fourth-order valence-corrected chi connectivity index (χ4v) is 5.80.